The highest BCUT2D eigenvalue weighted by molar-refractivity contribution is 6.31. The summed E-state index contributed by atoms with van der Waals surface area (Å²) < 4.78 is 12.1. The number of ether oxygens (including phenoxy) is 1. The number of anilines is 1. The number of nitrogens with zero attached hydrogens (tertiary/aromatic N) is 4. The summed E-state index contributed by atoms with van der Waals surface area (Å²) >= 11 is 0. The summed E-state index contributed by atoms with van der Waals surface area (Å²) in [6.45, 7) is 17.6. The lowest BCUT2D eigenvalue weighted by Gasteiger charge is -2.49. The van der Waals surface area contributed by atoms with E-state index in [9.17, 15) is 14.9 Å². The Kier molecular flexibility index (Phi) is 7.37. The summed E-state index contributed by atoms with van der Waals surface area (Å²) in [5, 5.41) is 11.0. The van der Waals surface area contributed by atoms with Gasteiger partial charge < -0.3 is 24.2 Å². The molecule has 2 heterocycles. The zero-order valence-electron chi connectivity index (χ0n) is 20.0. The van der Waals surface area contributed by atoms with Crippen LogP contribution < -0.4 is 4.90 Å². The summed E-state index contributed by atoms with van der Waals surface area (Å²) in [7, 11) is -0.859. The molecule has 0 aromatic carbocycles. The van der Waals surface area contributed by atoms with Crippen LogP contribution in [0.5, 0.6) is 0 Å². The Hall–Kier alpha value is -2.20. The molecule has 31 heavy (non-hydrogen) atoms. The molecule has 9 nitrogen and oxygen atoms in total. The van der Waals surface area contributed by atoms with Crippen LogP contribution in [0.2, 0.25) is 5.04 Å². The minimum atomic E-state index is -0.859. The largest absolute Gasteiger partial charge is 0.444 e. The van der Waals surface area contributed by atoms with Crippen LogP contribution in [0.15, 0.2) is 18.3 Å². The van der Waals surface area contributed by atoms with E-state index >= 15 is 0 Å². The molecule has 0 spiro atoms. The third-order valence-corrected chi connectivity index (χ3v) is 6.73. The fourth-order valence-corrected chi connectivity index (χ4v) is 4.32. The number of pyridine rings is 1. The van der Waals surface area contributed by atoms with Gasteiger partial charge in [0.25, 0.3) is 0 Å². The van der Waals surface area contributed by atoms with Crippen molar-refractivity contribution in [3.05, 3.63) is 28.4 Å². The first-order valence-electron chi connectivity index (χ1n) is 10.6. The molecular weight excluding hydrogens is 416 g/mol. The molecular formula is C21H36N4O5Si. The molecule has 1 aromatic heterocycles. The maximum absolute atomic E-state index is 13.0. The number of hydrogen-bond donors (Lipinski definition) is 0. The molecule has 1 amide bonds. The van der Waals surface area contributed by atoms with Crippen molar-refractivity contribution in [2.45, 2.75) is 77.7 Å². The van der Waals surface area contributed by atoms with Crippen LogP contribution in [0, 0.1) is 10.1 Å². The number of piperazine rings is 1. The van der Waals surface area contributed by atoms with Crippen LogP contribution >= 0.6 is 0 Å². The number of nitro groups is 1. The lowest BCUT2D eigenvalue weighted by atomic mass is 9.94. The smallest absolute Gasteiger partial charge is 0.410 e. The van der Waals surface area contributed by atoms with E-state index in [1.165, 1.54) is 12.3 Å². The Morgan fingerprint density at radius 2 is 1.81 bits per heavy atom. The Labute approximate surface area is 187 Å². The van der Waals surface area contributed by atoms with Gasteiger partial charge in [-0.05, 0) is 55.6 Å². The van der Waals surface area contributed by atoms with Crippen LogP contribution in [0.25, 0.3) is 0 Å². The molecule has 1 atom stereocenters. The van der Waals surface area contributed by atoms with Crippen molar-refractivity contribution in [2.24, 2.45) is 0 Å². The topological polar surface area (TPSA) is 98.0 Å². The first-order chi connectivity index (χ1) is 14.1. The van der Waals surface area contributed by atoms with Crippen molar-refractivity contribution >= 4 is 27.4 Å². The number of rotatable bonds is 5. The molecule has 1 aromatic rings. The predicted molar refractivity (Wildman–Crippen MR) is 123 cm³/mol. The van der Waals surface area contributed by atoms with E-state index in [4.69, 9.17) is 9.16 Å². The molecule has 10 heteroatoms. The van der Waals surface area contributed by atoms with E-state index < -0.39 is 25.9 Å². The predicted octanol–water partition coefficient (Wildman–Crippen LogP) is 3.51. The van der Waals surface area contributed by atoms with Crippen LogP contribution in [0.4, 0.5) is 16.3 Å². The van der Waals surface area contributed by atoms with Crippen molar-refractivity contribution < 1.29 is 18.9 Å². The van der Waals surface area contributed by atoms with Gasteiger partial charge >= 0.3 is 11.9 Å². The zero-order chi connectivity index (χ0) is 23.6. The number of aromatic nitrogens is 1. The third-order valence-electron chi connectivity index (χ3n) is 4.97. The monoisotopic (exact) mass is 452 g/mol. The van der Waals surface area contributed by atoms with E-state index in [1.807, 2.05) is 34.6 Å². The highest BCUT2D eigenvalue weighted by atomic mass is 28.2. The molecule has 0 unspecified atom stereocenters. The van der Waals surface area contributed by atoms with Gasteiger partial charge in [-0.15, -0.1) is 0 Å². The fourth-order valence-electron chi connectivity index (χ4n) is 3.32. The van der Waals surface area contributed by atoms with Gasteiger partial charge in [0, 0.05) is 25.7 Å². The second-order valence-corrected chi connectivity index (χ2v) is 13.4. The summed E-state index contributed by atoms with van der Waals surface area (Å²) in [5.41, 5.74) is -0.390. The average Bonchev–Trinajstić information content (AvgIpc) is 2.64. The van der Waals surface area contributed by atoms with Crippen molar-refractivity contribution in [1.82, 2.24) is 9.88 Å². The summed E-state index contributed by atoms with van der Waals surface area (Å²) in [5.74, 6) is -0.187. The van der Waals surface area contributed by atoms with E-state index in [-0.39, 0.29) is 23.0 Å². The lowest BCUT2D eigenvalue weighted by Crippen LogP contribution is -2.64. The first-order valence-corrected chi connectivity index (χ1v) is 11.9. The normalized spacial score (nSPS) is 18.5. The molecule has 0 aliphatic carbocycles. The van der Waals surface area contributed by atoms with Gasteiger partial charge in [-0.1, -0.05) is 20.8 Å². The fraction of sp³-hybridized carbons (Fsp3) is 0.714. The summed E-state index contributed by atoms with van der Waals surface area (Å²) in [6, 6.07) is 2.85. The van der Waals surface area contributed by atoms with Gasteiger partial charge in [0.1, 0.15) is 5.60 Å². The summed E-state index contributed by atoms with van der Waals surface area (Å²) in [4.78, 5) is 31.2. The van der Waals surface area contributed by atoms with Crippen molar-refractivity contribution in [3.63, 3.8) is 0 Å². The van der Waals surface area contributed by atoms with E-state index in [2.05, 4.69) is 30.7 Å². The minimum absolute atomic E-state index is 0.116. The molecule has 0 radical (unpaired) electrons. The van der Waals surface area contributed by atoms with Crippen LogP contribution in [0.1, 0.15) is 55.4 Å². The van der Waals surface area contributed by atoms with Crippen LogP contribution in [-0.4, -0.2) is 67.5 Å². The average molecular weight is 453 g/mol. The molecule has 0 bridgehead atoms. The molecule has 1 saturated heterocycles. The minimum Gasteiger partial charge on any atom is -0.444 e. The molecule has 1 aliphatic rings. The maximum Gasteiger partial charge on any atom is 0.410 e. The number of carbonyl (C=O) groups excluding carboxylic acids is 1. The standard InChI is InChI=1S/C21H36N4O5Si/c1-19(2,3)29-18(26)24-12-11-23(15-9-10-17(22-13-15)25(27)28)14-16(24)21(7,8)30-31-20(4,5)6/h9-10,13,16H,11-12,14,31H2,1-8H3/t16-/m1/s1. The van der Waals surface area contributed by atoms with E-state index in [0.29, 0.717) is 19.6 Å². The number of amides is 1. The molecule has 174 valence electrons. The Morgan fingerprint density at radius 3 is 2.29 bits per heavy atom. The van der Waals surface area contributed by atoms with Gasteiger partial charge in [0.05, 0.1) is 17.3 Å². The van der Waals surface area contributed by atoms with Crippen LogP contribution in [-0.2, 0) is 9.16 Å². The van der Waals surface area contributed by atoms with Crippen molar-refractivity contribution in [1.29, 1.82) is 0 Å². The van der Waals surface area contributed by atoms with Crippen molar-refractivity contribution in [3.8, 4) is 0 Å². The lowest BCUT2D eigenvalue weighted by molar-refractivity contribution is -0.389. The second kappa shape index (κ2) is 9.11. The van der Waals surface area contributed by atoms with E-state index in [0.717, 1.165) is 5.69 Å². The molecule has 0 N–H and O–H groups in total. The van der Waals surface area contributed by atoms with Gasteiger partial charge in [-0.3, -0.25) is 4.90 Å². The maximum atomic E-state index is 13.0. The van der Waals surface area contributed by atoms with Gasteiger partial charge in [-0.25, -0.2) is 4.79 Å². The number of carbonyl (C=O) groups is 1. The highest BCUT2D eigenvalue weighted by Gasteiger charge is 2.43. The Balaban J connectivity index is 2.28. The van der Waals surface area contributed by atoms with Crippen molar-refractivity contribution in [2.75, 3.05) is 24.5 Å². The first kappa shape index (κ1) is 25.1. The Bertz CT molecular complexity index is 786. The molecule has 1 aliphatic heterocycles. The van der Waals surface area contributed by atoms with Gasteiger partial charge in [0.2, 0.25) is 0 Å². The highest BCUT2D eigenvalue weighted by Crippen LogP contribution is 2.31. The molecule has 1 fully saturated rings. The molecule has 2 rings (SSSR count). The third kappa shape index (κ3) is 7.17. The second-order valence-electron chi connectivity index (χ2n) is 10.7. The summed E-state index contributed by atoms with van der Waals surface area (Å²) in [6.07, 6.45) is 1.16. The quantitative estimate of drug-likeness (QED) is 0.383. The number of hydrogen-bond acceptors (Lipinski definition) is 7. The van der Waals surface area contributed by atoms with Crippen LogP contribution in [0.3, 0.4) is 0 Å². The SMILES string of the molecule is CC(C)(C)OC(=O)N1CCN(c2ccc([N+](=O)[O-])nc2)C[C@@H]1C(C)(C)O[SiH2]C(C)(C)C. The zero-order valence-corrected chi connectivity index (χ0v) is 21.4. The van der Waals surface area contributed by atoms with Gasteiger partial charge in [0.15, 0.2) is 16.0 Å². The van der Waals surface area contributed by atoms with E-state index in [1.54, 1.807) is 11.0 Å². The van der Waals surface area contributed by atoms with Gasteiger partial charge in [-0.2, -0.15) is 0 Å². The Morgan fingerprint density at radius 1 is 1.16 bits per heavy atom. The molecule has 0 saturated carbocycles.